The molecule has 2 N–H and O–H groups in total. The van der Waals surface area contributed by atoms with Gasteiger partial charge in [0.25, 0.3) is 0 Å². The quantitative estimate of drug-likeness (QED) is 0.571. The molecule has 1 amide bonds. The first-order valence-corrected chi connectivity index (χ1v) is 10.4. The number of aliphatic hydroxyl groups is 1. The second kappa shape index (κ2) is 7.57. The highest BCUT2D eigenvalue weighted by molar-refractivity contribution is 6.06. The van der Waals surface area contributed by atoms with Gasteiger partial charge in [-0.2, -0.15) is 0 Å². The maximum absolute atomic E-state index is 14.6. The van der Waals surface area contributed by atoms with Crippen molar-refractivity contribution in [2.45, 2.75) is 57.6 Å². The van der Waals surface area contributed by atoms with Gasteiger partial charge in [0.15, 0.2) is 5.78 Å². The van der Waals surface area contributed by atoms with Gasteiger partial charge in [0.1, 0.15) is 5.82 Å². The van der Waals surface area contributed by atoms with Crippen LogP contribution in [0.4, 0.5) is 10.3 Å². The van der Waals surface area contributed by atoms with Crippen molar-refractivity contribution in [1.82, 2.24) is 9.55 Å². The van der Waals surface area contributed by atoms with Gasteiger partial charge in [-0.05, 0) is 57.7 Å². The number of nitrogens with zero attached hydrogens (tertiary/aromatic N) is 2. The molecule has 162 valence electrons. The van der Waals surface area contributed by atoms with Crippen LogP contribution in [0, 0.1) is 5.82 Å². The van der Waals surface area contributed by atoms with Crippen molar-refractivity contribution in [2.75, 3.05) is 5.32 Å². The standard InChI is InChI=1S/C24H26FN3O3/c1-15(29)20-17(25)10-11-18-21(20)28(23(2)12-7-13-23)22(26-18)27-19(30)14-24(3,31)16-8-5-4-6-9-16/h4-6,8-11,31H,7,12-14H2,1-3H3,(H,26,27,30). The lowest BCUT2D eigenvalue weighted by molar-refractivity contribution is -0.120. The SMILES string of the molecule is CC(=O)c1c(F)ccc2nc(NC(=O)CC(C)(O)c3ccccc3)n(C3(C)CCC3)c12. The van der Waals surface area contributed by atoms with Gasteiger partial charge in [-0.3, -0.25) is 14.9 Å². The summed E-state index contributed by atoms with van der Waals surface area (Å²) in [5.41, 5.74) is -0.276. The Balaban J connectivity index is 1.74. The van der Waals surface area contributed by atoms with E-state index in [2.05, 4.69) is 10.3 Å². The lowest BCUT2D eigenvalue weighted by Gasteiger charge is -2.41. The molecule has 1 fully saturated rings. The van der Waals surface area contributed by atoms with E-state index >= 15 is 0 Å². The Labute approximate surface area is 180 Å². The van der Waals surface area contributed by atoms with E-state index in [1.807, 2.05) is 13.0 Å². The number of ketones is 1. The molecule has 0 aliphatic heterocycles. The summed E-state index contributed by atoms with van der Waals surface area (Å²) in [6, 6.07) is 11.7. The summed E-state index contributed by atoms with van der Waals surface area (Å²) < 4.78 is 16.4. The third-order valence-electron chi connectivity index (χ3n) is 6.24. The van der Waals surface area contributed by atoms with Gasteiger partial charge in [0.2, 0.25) is 11.9 Å². The molecule has 1 aromatic heterocycles. The number of nitrogens with one attached hydrogen (secondary N) is 1. The number of rotatable bonds is 6. The molecule has 6 nitrogen and oxygen atoms in total. The summed E-state index contributed by atoms with van der Waals surface area (Å²) in [6.45, 7) is 4.93. The summed E-state index contributed by atoms with van der Waals surface area (Å²) in [6.07, 6.45) is 2.48. The van der Waals surface area contributed by atoms with Crippen LogP contribution in [0.2, 0.25) is 0 Å². The summed E-state index contributed by atoms with van der Waals surface area (Å²) in [5.74, 6) is -1.15. The monoisotopic (exact) mass is 423 g/mol. The Kier molecular flexibility index (Phi) is 5.17. The minimum Gasteiger partial charge on any atom is -0.385 e. The van der Waals surface area contributed by atoms with Gasteiger partial charge >= 0.3 is 0 Å². The highest BCUT2D eigenvalue weighted by Gasteiger charge is 2.39. The van der Waals surface area contributed by atoms with E-state index in [-0.39, 0.29) is 23.5 Å². The first kappa shape index (κ1) is 21.2. The average molecular weight is 423 g/mol. The number of anilines is 1. The van der Waals surface area contributed by atoms with Gasteiger partial charge in [-0.25, -0.2) is 9.37 Å². The smallest absolute Gasteiger partial charge is 0.229 e. The zero-order valence-electron chi connectivity index (χ0n) is 17.9. The number of halogens is 1. The highest BCUT2D eigenvalue weighted by atomic mass is 19.1. The minimum absolute atomic E-state index is 0.0186. The molecule has 2 aromatic carbocycles. The number of hydrogen-bond acceptors (Lipinski definition) is 4. The predicted octanol–water partition coefficient (Wildman–Crippen LogP) is 4.51. The third kappa shape index (κ3) is 3.74. The van der Waals surface area contributed by atoms with Crippen LogP contribution in [0.25, 0.3) is 11.0 Å². The number of carbonyl (C=O) groups excluding carboxylic acids is 2. The molecule has 1 saturated carbocycles. The number of amides is 1. The number of hydrogen-bond donors (Lipinski definition) is 2. The summed E-state index contributed by atoms with van der Waals surface area (Å²) in [5, 5.41) is 13.6. The minimum atomic E-state index is -1.36. The molecule has 0 radical (unpaired) electrons. The van der Waals surface area contributed by atoms with E-state index in [1.54, 1.807) is 35.8 Å². The lowest BCUT2D eigenvalue weighted by Crippen LogP contribution is -2.39. The Morgan fingerprint density at radius 1 is 1.23 bits per heavy atom. The van der Waals surface area contributed by atoms with Gasteiger partial charge in [-0.15, -0.1) is 0 Å². The summed E-state index contributed by atoms with van der Waals surface area (Å²) in [7, 11) is 0. The Bertz CT molecular complexity index is 1160. The molecule has 1 aliphatic rings. The van der Waals surface area contributed by atoms with Crippen molar-refractivity contribution in [2.24, 2.45) is 0 Å². The van der Waals surface area contributed by atoms with Gasteiger partial charge in [0.05, 0.1) is 28.6 Å². The van der Waals surface area contributed by atoms with Gasteiger partial charge in [0, 0.05) is 5.54 Å². The highest BCUT2D eigenvalue weighted by Crippen LogP contribution is 2.44. The van der Waals surface area contributed by atoms with E-state index in [0.29, 0.717) is 16.6 Å². The van der Waals surface area contributed by atoms with Crippen LogP contribution in [-0.4, -0.2) is 26.3 Å². The van der Waals surface area contributed by atoms with Crippen LogP contribution in [0.5, 0.6) is 0 Å². The number of aromatic nitrogens is 2. The zero-order chi connectivity index (χ0) is 22.4. The largest absolute Gasteiger partial charge is 0.385 e. The van der Waals surface area contributed by atoms with Crippen LogP contribution >= 0.6 is 0 Å². The number of carbonyl (C=O) groups is 2. The molecule has 4 rings (SSSR count). The molecular weight excluding hydrogens is 397 g/mol. The topological polar surface area (TPSA) is 84.2 Å². The van der Waals surface area contributed by atoms with E-state index in [0.717, 1.165) is 19.3 Å². The molecule has 0 bridgehead atoms. The zero-order valence-corrected chi connectivity index (χ0v) is 17.9. The van der Waals surface area contributed by atoms with Crippen molar-refractivity contribution in [1.29, 1.82) is 0 Å². The van der Waals surface area contributed by atoms with Crippen molar-refractivity contribution < 1.29 is 19.1 Å². The van der Waals surface area contributed by atoms with E-state index in [1.165, 1.54) is 19.1 Å². The van der Waals surface area contributed by atoms with Crippen LogP contribution < -0.4 is 5.32 Å². The fourth-order valence-corrected chi connectivity index (χ4v) is 4.38. The van der Waals surface area contributed by atoms with E-state index in [9.17, 15) is 19.1 Å². The number of benzene rings is 2. The molecule has 0 saturated heterocycles. The molecule has 1 aliphatic carbocycles. The van der Waals surface area contributed by atoms with Crippen LogP contribution in [0.15, 0.2) is 42.5 Å². The second-order valence-corrected chi connectivity index (χ2v) is 8.83. The first-order valence-electron chi connectivity index (χ1n) is 10.4. The van der Waals surface area contributed by atoms with E-state index < -0.39 is 23.1 Å². The molecule has 1 unspecified atom stereocenters. The van der Waals surface area contributed by atoms with Crippen molar-refractivity contribution in [3.63, 3.8) is 0 Å². The molecule has 1 atom stereocenters. The van der Waals surface area contributed by atoms with Crippen LogP contribution in [-0.2, 0) is 15.9 Å². The van der Waals surface area contributed by atoms with Gasteiger partial charge < -0.3 is 9.67 Å². The average Bonchev–Trinajstić information content (AvgIpc) is 3.03. The Hall–Kier alpha value is -3.06. The van der Waals surface area contributed by atoms with Crippen molar-refractivity contribution in [3.05, 3.63) is 59.4 Å². The predicted molar refractivity (Wildman–Crippen MR) is 116 cm³/mol. The lowest BCUT2D eigenvalue weighted by atomic mass is 9.78. The second-order valence-electron chi connectivity index (χ2n) is 8.83. The van der Waals surface area contributed by atoms with Crippen molar-refractivity contribution >= 4 is 28.7 Å². The van der Waals surface area contributed by atoms with Crippen molar-refractivity contribution in [3.8, 4) is 0 Å². The maximum atomic E-state index is 14.6. The van der Waals surface area contributed by atoms with Gasteiger partial charge in [-0.1, -0.05) is 30.3 Å². The molecular formula is C24H26FN3O3. The Morgan fingerprint density at radius 2 is 1.90 bits per heavy atom. The van der Waals surface area contributed by atoms with Crippen LogP contribution in [0.3, 0.4) is 0 Å². The third-order valence-corrected chi connectivity index (χ3v) is 6.24. The number of imidazole rings is 1. The summed E-state index contributed by atoms with van der Waals surface area (Å²) in [4.78, 5) is 29.6. The Morgan fingerprint density at radius 3 is 2.48 bits per heavy atom. The number of fused-ring (bicyclic) bond motifs is 1. The maximum Gasteiger partial charge on any atom is 0.229 e. The fourth-order valence-electron chi connectivity index (χ4n) is 4.38. The number of Topliss-reactive ketones (excluding diaryl/α,β-unsaturated/α-hetero) is 1. The molecule has 7 heteroatoms. The molecule has 3 aromatic rings. The molecule has 31 heavy (non-hydrogen) atoms. The first-order chi connectivity index (χ1) is 14.6. The normalized spacial score (nSPS) is 17.1. The molecule has 0 spiro atoms. The van der Waals surface area contributed by atoms with Crippen LogP contribution in [0.1, 0.15) is 62.4 Å². The summed E-state index contributed by atoms with van der Waals surface area (Å²) >= 11 is 0. The molecule has 1 heterocycles. The van der Waals surface area contributed by atoms with E-state index in [4.69, 9.17) is 0 Å². The fraction of sp³-hybridized carbons (Fsp3) is 0.375.